The Morgan fingerprint density at radius 3 is 2.08 bits per heavy atom. The number of alkyl halides is 6. The third-order valence-corrected chi connectivity index (χ3v) is 6.63. The first kappa shape index (κ1) is 30.3. The Bertz CT molecular complexity index is 793. The van der Waals surface area contributed by atoms with Gasteiger partial charge in [-0.25, -0.2) is 9.59 Å². The van der Waals surface area contributed by atoms with Gasteiger partial charge in [-0.1, -0.05) is 6.07 Å². The maximum absolute atomic E-state index is 10.6. The minimum absolute atomic E-state index is 0.437. The van der Waals surface area contributed by atoms with Crippen molar-refractivity contribution in [1.29, 1.82) is 0 Å². The largest absolute Gasteiger partial charge is 0.490 e. The molecule has 2 N–H and O–H groups in total. The van der Waals surface area contributed by atoms with Gasteiger partial charge in [-0.2, -0.15) is 26.3 Å². The van der Waals surface area contributed by atoms with Crippen molar-refractivity contribution in [3.8, 4) is 0 Å². The predicted molar refractivity (Wildman–Crippen MR) is 116 cm³/mol. The Morgan fingerprint density at radius 2 is 1.58 bits per heavy atom. The molecule has 15 heteroatoms. The Kier molecular flexibility index (Phi) is 11.4. The standard InChI is InChI=1S/C17H26N2O2S.2C2HF3O2/c1-3-14-11-18(12-15-4-2-10-22-15)13-16(17(14)21-7-1)19-5-8-20-9-6-19;2*3-2(4,5)1(6)7/h2,4,10,14,16-17H,1,3,5-9,11-13H2;2*(H,6,7)/t14-,16+,17-;;/m0../s1. The van der Waals surface area contributed by atoms with Crippen LogP contribution in [0.2, 0.25) is 0 Å². The lowest BCUT2D eigenvalue weighted by Crippen LogP contribution is -2.62. The fourth-order valence-electron chi connectivity index (χ4n) is 4.24. The van der Waals surface area contributed by atoms with E-state index in [1.165, 1.54) is 24.3 Å². The van der Waals surface area contributed by atoms with Crippen molar-refractivity contribution in [2.75, 3.05) is 46.0 Å². The van der Waals surface area contributed by atoms with E-state index in [9.17, 15) is 26.3 Å². The number of carboxylic acids is 2. The van der Waals surface area contributed by atoms with Gasteiger partial charge in [0.05, 0.1) is 19.3 Å². The number of nitrogens with zero attached hydrogens (tertiary/aromatic N) is 2. The van der Waals surface area contributed by atoms with Gasteiger partial charge in [0.25, 0.3) is 0 Å². The molecule has 3 aliphatic heterocycles. The Labute approximate surface area is 207 Å². The highest BCUT2D eigenvalue weighted by Gasteiger charge is 2.42. The maximum Gasteiger partial charge on any atom is 0.490 e. The lowest BCUT2D eigenvalue weighted by molar-refractivity contribution is -0.193. The van der Waals surface area contributed by atoms with Gasteiger partial charge in [0, 0.05) is 50.2 Å². The van der Waals surface area contributed by atoms with Gasteiger partial charge in [-0.3, -0.25) is 9.80 Å². The number of likely N-dealkylation sites (tertiary alicyclic amines) is 1. The number of halogens is 6. The monoisotopic (exact) mass is 550 g/mol. The number of ether oxygens (including phenoxy) is 2. The molecular weight excluding hydrogens is 522 g/mol. The zero-order valence-corrected chi connectivity index (χ0v) is 19.9. The molecule has 0 unspecified atom stereocenters. The molecule has 3 fully saturated rings. The summed E-state index contributed by atoms with van der Waals surface area (Å²) in [6.45, 7) is 8.25. The summed E-state index contributed by atoms with van der Waals surface area (Å²) in [6, 6.07) is 4.97. The van der Waals surface area contributed by atoms with E-state index in [2.05, 4.69) is 27.3 Å². The van der Waals surface area contributed by atoms with Crippen LogP contribution in [-0.4, -0.2) is 102 Å². The summed E-state index contributed by atoms with van der Waals surface area (Å²) in [5, 5.41) is 16.4. The van der Waals surface area contributed by atoms with E-state index in [1.807, 2.05) is 11.3 Å². The van der Waals surface area contributed by atoms with Gasteiger partial charge < -0.3 is 19.7 Å². The van der Waals surface area contributed by atoms with E-state index in [0.717, 1.165) is 46.0 Å². The topological polar surface area (TPSA) is 99.5 Å². The van der Waals surface area contributed by atoms with E-state index in [4.69, 9.17) is 29.3 Å². The van der Waals surface area contributed by atoms with Crippen LogP contribution in [-0.2, 0) is 25.6 Å². The van der Waals surface area contributed by atoms with Crippen LogP contribution < -0.4 is 0 Å². The number of fused-ring (bicyclic) bond motifs is 1. The first-order chi connectivity index (χ1) is 16.8. The lowest BCUT2D eigenvalue weighted by atomic mass is 9.84. The van der Waals surface area contributed by atoms with Gasteiger partial charge in [0.2, 0.25) is 0 Å². The van der Waals surface area contributed by atoms with Gasteiger partial charge in [0.15, 0.2) is 0 Å². The number of hydrogen-bond acceptors (Lipinski definition) is 7. The third-order valence-electron chi connectivity index (χ3n) is 5.77. The number of carbonyl (C=O) groups is 2. The second kappa shape index (κ2) is 13.6. The molecule has 0 saturated carbocycles. The molecule has 0 bridgehead atoms. The second-order valence-corrected chi connectivity index (χ2v) is 9.36. The van der Waals surface area contributed by atoms with Crippen molar-refractivity contribution in [3.63, 3.8) is 0 Å². The normalized spacial score (nSPS) is 25.4. The summed E-state index contributed by atoms with van der Waals surface area (Å²) in [5.74, 6) is -4.81. The van der Waals surface area contributed by atoms with Gasteiger partial charge in [-0.15, -0.1) is 11.3 Å². The second-order valence-electron chi connectivity index (χ2n) is 8.33. The number of aliphatic carboxylic acids is 2. The summed E-state index contributed by atoms with van der Waals surface area (Å²) < 4.78 is 75.2. The van der Waals surface area contributed by atoms with E-state index in [-0.39, 0.29) is 0 Å². The predicted octanol–water partition coefficient (Wildman–Crippen LogP) is 3.33. The quantitative estimate of drug-likeness (QED) is 0.554. The van der Waals surface area contributed by atoms with E-state index >= 15 is 0 Å². The van der Waals surface area contributed by atoms with E-state index in [1.54, 1.807) is 0 Å². The van der Waals surface area contributed by atoms with Crippen LogP contribution in [0.3, 0.4) is 0 Å². The molecule has 0 aliphatic carbocycles. The molecule has 1 aromatic heterocycles. The number of piperidine rings is 1. The van der Waals surface area contributed by atoms with Crippen molar-refractivity contribution in [2.45, 2.75) is 43.9 Å². The molecule has 4 heterocycles. The van der Waals surface area contributed by atoms with Crippen LogP contribution >= 0.6 is 11.3 Å². The number of carboxylic acid groups (broad SMARTS) is 2. The highest BCUT2D eigenvalue weighted by Crippen LogP contribution is 2.32. The van der Waals surface area contributed by atoms with Crippen molar-refractivity contribution < 1.29 is 55.6 Å². The average Bonchev–Trinajstić information content (AvgIpc) is 3.32. The molecule has 1 aromatic rings. The maximum atomic E-state index is 10.6. The van der Waals surface area contributed by atoms with Gasteiger partial charge in [-0.05, 0) is 30.2 Å². The number of hydrogen-bond donors (Lipinski definition) is 2. The Balaban J connectivity index is 0.000000271. The zero-order chi connectivity index (χ0) is 26.9. The summed E-state index contributed by atoms with van der Waals surface area (Å²) in [5.41, 5.74) is 0. The molecule has 0 amide bonds. The van der Waals surface area contributed by atoms with Crippen molar-refractivity contribution in [1.82, 2.24) is 9.80 Å². The first-order valence-electron chi connectivity index (χ1n) is 11.1. The molecule has 0 spiro atoms. The molecular formula is C21H28F6N2O6S. The number of rotatable bonds is 3. The Morgan fingerprint density at radius 1 is 1.00 bits per heavy atom. The fourth-order valence-corrected chi connectivity index (χ4v) is 4.99. The summed E-state index contributed by atoms with van der Waals surface area (Å²) in [7, 11) is 0. The number of morpholine rings is 1. The van der Waals surface area contributed by atoms with Crippen molar-refractivity contribution in [3.05, 3.63) is 22.4 Å². The number of thiophene rings is 1. The van der Waals surface area contributed by atoms with E-state index in [0.29, 0.717) is 18.1 Å². The van der Waals surface area contributed by atoms with Gasteiger partial charge in [0.1, 0.15) is 0 Å². The van der Waals surface area contributed by atoms with Crippen LogP contribution in [0.4, 0.5) is 26.3 Å². The smallest absolute Gasteiger partial charge is 0.475 e. The highest BCUT2D eigenvalue weighted by atomic mass is 32.1. The van der Waals surface area contributed by atoms with Crippen LogP contribution in [0.5, 0.6) is 0 Å². The average molecular weight is 551 g/mol. The fraction of sp³-hybridized carbons (Fsp3) is 0.714. The molecule has 8 nitrogen and oxygen atoms in total. The molecule has 3 aliphatic rings. The summed E-state index contributed by atoms with van der Waals surface area (Å²) in [6.07, 6.45) is -7.18. The zero-order valence-electron chi connectivity index (χ0n) is 19.1. The minimum Gasteiger partial charge on any atom is -0.475 e. The molecule has 0 aromatic carbocycles. The van der Waals surface area contributed by atoms with Crippen LogP contribution in [0, 0.1) is 5.92 Å². The van der Waals surface area contributed by atoms with E-state index < -0.39 is 24.3 Å². The molecule has 4 rings (SSSR count). The SMILES string of the molecule is O=C(O)C(F)(F)F.O=C(O)C(F)(F)F.c1csc(CN2C[C@@H]3CCCO[C@@H]3[C@H](N3CCOCC3)C2)c1. The van der Waals surface area contributed by atoms with Crippen molar-refractivity contribution >= 4 is 23.3 Å². The van der Waals surface area contributed by atoms with Gasteiger partial charge >= 0.3 is 24.3 Å². The molecule has 0 radical (unpaired) electrons. The summed E-state index contributed by atoms with van der Waals surface area (Å²) in [4.78, 5) is 24.5. The molecule has 206 valence electrons. The molecule has 3 saturated heterocycles. The molecule has 36 heavy (non-hydrogen) atoms. The lowest BCUT2D eigenvalue weighted by Gasteiger charge is -2.50. The third kappa shape index (κ3) is 9.84. The van der Waals surface area contributed by atoms with Crippen molar-refractivity contribution in [2.24, 2.45) is 5.92 Å². The Hall–Kier alpha value is -1.94. The highest BCUT2D eigenvalue weighted by molar-refractivity contribution is 7.09. The summed E-state index contributed by atoms with van der Waals surface area (Å²) >= 11 is 1.88. The van der Waals surface area contributed by atoms with Crippen LogP contribution in [0.25, 0.3) is 0 Å². The van der Waals surface area contributed by atoms with Crippen LogP contribution in [0.15, 0.2) is 17.5 Å². The first-order valence-corrected chi connectivity index (χ1v) is 12.0. The minimum atomic E-state index is -5.08. The van der Waals surface area contributed by atoms with Crippen LogP contribution in [0.1, 0.15) is 17.7 Å². The molecule has 3 atom stereocenters.